The van der Waals surface area contributed by atoms with Crippen LogP contribution >= 0.6 is 11.8 Å². The van der Waals surface area contributed by atoms with Crippen molar-refractivity contribution in [3.8, 4) is 5.75 Å². The SMILES string of the molecule is CCCCCN1CC=C[C@]23S[C@H]4C=CCN(c5ccc(OCC)cc5)C(=O)[C@H]4[C@H]2C(=O)N(CCO)C3C1=O. The molecule has 8 nitrogen and oxygen atoms in total. The monoisotopic (exact) mass is 539 g/mol. The number of aliphatic hydroxyl groups is 1. The topological polar surface area (TPSA) is 90.4 Å². The van der Waals surface area contributed by atoms with Crippen LogP contribution in [0.3, 0.4) is 0 Å². The first kappa shape index (κ1) is 26.8. The molecule has 0 aliphatic carbocycles. The van der Waals surface area contributed by atoms with Crippen LogP contribution in [0.4, 0.5) is 5.69 Å². The minimum atomic E-state index is -0.847. The molecule has 5 atom stereocenters. The maximum Gasteiger partial charge on any atom is 0.247 e. The fourth-order valence-electron chi connectivity index (χ4n) is 6.41. The minimum Gasteiger partial charge on any atom is -0.494 e. The zero-order valence-electron chi connectivity index (χ0n) is 22.1. The number of benzene rings is 1. The molecular weight excluding hydrogens is 502 g/mol. The maximum atomic E-state index is 14.2. The number of fused-ring (bicyclic) bond motifs is 2. The van der Waals surface area contributed by atoms with Gasteiger partial charge in [-0.05, 0) is 37.6 Å². The van der Waals surface area contributed by atoms with Crippen LogP contribution in [0.1, 0.15) is 33.1 Å². The number of likely N-dealkylation sites (tertiary alicyclic amines) is 1. The molecule has 1 N–H and O–H groups in total. The Labute approximate surface area is 228 Å². The second-order valence-corrected chi connectivity index (χ2v) is 11.8. The Bertz CT molecular complexity index is 1120. The third kappa shape index (κ3) is 4.43. The zero-order chi connectivity index (χ0) is 26.9. The summed E-state index contributed by atoms with van der Waals surface area (Å²) < 4.78 is 4.71. The lowest BCUT2D eigenvalue weighted by Crippen LogP contribution is -2.53. The van der Waals surface area contributed by atoms with E-state index in [0.29, 0.717) is 26.2 Å². The van der Waals surface area contributed by atoms with E-state index in [1.807, 2.05) is 60.4 Å². The second kappa shape index (κ2) is 11.1. The molecule has 5 rings (SSSR count). The molecule has 4 aliphatic rings. The van der Waals surface area contributed by atoms with Gasteiger partial charge in [-0.15, -0.1) is 11.8 Å². The van der Waals surface area contributed by atoms with Crippen molar-refractivity contribution in [3.63, 3.8) is 0 Å². The molecule has 4 aliphatic heterocycles. The van der Waals surface area contributed by atoms with Gasteiger partial charge < -0.3 is 24.5 Å². The summed E-state index contributed by atoms with van der Waals surface area (Å²) in [6.45, 7) is 6.00. The van der Waals surface area contributed by atoms with E-state index in [0.717, 1.165) is 30.7 Å². The smallest absolute Gasteiger partial charge is 0.247 e. The molecule has 1 aromatic carbocycles. The molecule has 38 heavy (non-hydrogen) atoms. The van der Waals surface area contributed by atoms with Crippen molar-refractivity contribution in [2.24, 2.45) is 11.8 Å². The van der Waals surface area contributed by atoms with Crippen molar-refractivity contribution in [1.82, 2.24) is 9.80 Å². The summed E-state index contributed by atoms with van der Waals surface area (Å²) in [5.74, 6) is -0.951. The van der Waals surface area contributed by atoms with Gasteiger partial charge in [0, 0.05) is 37.1 Å². The minimum absolute atomic E-state index is 0.0781. The van der Waals surface area contributed by atoms with Crippen LogP contribution in [0.2, 0.25) is 0 Å². The molecule has 1 aromatic rings. The quantitative estimate of drug-likeness (QED) is 0.384. The van der Waals surface area contributed by atoms with E-state index in [1.54, 1.807) is 21.6 Å². The van der Waals surface area contributed by atoms with Crippen LogP contribution in [-0.4, -0.2) is 88.1 Å². The number of β-amino-alcohol motifs (C(OH)–C–C–N with tert-alkyl or cyclic N) is 1. The van der Waals surface area contributed by atoms with E-state index in [-0.39, 0.29) is 36.1 Å². The Hall–Kier alpha value is -2.78. The number of amides is 3. The molecule has 0 radical (unpaired) electrons. The maximum absolute atomic E-state index is 14.2. The first-order valence-corrected chi connectivity index (χ1v) is 14.6. The fraction of sp³-hybridized carbons (Fsp3) is 0.552. The van der Waals surface area contributed by atoms with Crippen molar-refractivity contribution < 1.29 is 24.2 Å². The van der Waals surface area contributed by atoms with Gasteiger partial charge in [0.1, 0.15) is 11.8 Å². The van der Waals surface area contributed by atoms with Gasteiger partial charge in [-0.3, -0.25) is 14.4 Å². The Morgan fingerprint density at radius 2 is 1.79 bits per heavy atom. The summed E-state index contributed by atoms with van der Waals surface area (Å²) in [6, 6.07) is 6.71. The van der Waals surface area contributed by atoms with Gasteiger partial charge in [0.05, 0.1) is 29.8 Å². The van der Waals surface area contributed by atoms with Crippen LogP contribution < -0.4 is 9.64 Å². The van der Waals surface area contributed by atoms with Gasteiger partial charge in [0.25, 0.3) is 0 Å². The number of anilines is 1. The zero-order valence-corrected chi connectivity index (χ0v) is 22.9. The lowest BCUT2D eigenvalue weighted by molar-refractivity contribution is -0.143. The number of carbonyl (C=O) groups excluding carboxylic acids is 3. The predicted octanol–water partition coefficient (Wildman–Crippen LogP) is 2.87. The van der Waals surface area contributed by atoms with Crippen molar-refractivity contribution in [3.05, 3.63) is 48.6 Å². The highest BCUT2D eigenvalue weighted by molar-refractivity contribution is 8.02. The Morgan fingerprint density at radius 3 is 2.50 bits per heavy atom. The summed E-state index contributed by atoms with van der Waals surface area (Å²) in [4.78, 5) is 47.3. The van der Waals surface area contributed by atoms with Gasteiger partial charge in [-0.1, -0.05) is 44.1 Å². The van der Waals surface area contributed by atoms with Gasteiger partial charge in [-0.2, -0.15) is 0 Å². The molecule has 3 amide bonds. The van der Waals surface area contributed by atoms with E-state index in [4.69, 9.17) is 4.74 Å². The van der Waals surface area contributed by atoms with Crippen molar-refractivity contribution >= 4 is 35.2 Å². The number of hydrogen-bond acceptors (Lipinski definition) is 6. The molecule has 0 saturated carbocycles. The number of hydrogen-bond donors (Lipinski definition) is 1. The highest BCUT2D eigenvalue weighted by Crippen LogP contribution is 2.61. The van der Waals surface area contributed by atoms with Gasteiger partial charge >= 0.3 is 0 Å². The first-order valence-electron chi connectivity index (χ1n) is 13.7. The van der Waals surface area contributed by atoms with Crippen LogP contribution in [0.5, 0.6) is 5.75 Å². The van der Waals surface area contributed by atoms with E-state index in [1.165, 1.54) is 0 Å². The van der Waals surface area contributed by atoms with Crippen molar-refractivity contribution in [2.75, 3.05) is 44.3 Å². The summed E-state index contributed by atoms with van der Waals surface area (Å²) >= 11 is 1.57. The third-order valence-electron chi connectivity index (χ3n) is 8.07. The highest BCUT2D eigenvalue weighted by atomic mass is 32.2. The average molecular weight is 540 g/mol. The second-order valence-electron chi connectivity index (χ2n) is 10.3. The number of carbonyl (C=O) groups is 3. The Kier molecular flexibility index (Phi) is 7.86. The third-order valence-corrected chi connectivity index (χ3v) is 9.82. The number of unbranched alkanes of at least 4 members (excludes halogenated alkanes) is 2. The molecule has 204 valence electrons. The number of ether oxygens (including phenoxy) is 1. The van der Waals surface area contributed by atoms with Gasteiger partial charge in [-0.25, -0.2) is 0 Å². The van der Waals surface area contributed by atoms with Crippen LogP contribution in [0.25, 0.3) is 0 Å². The van der Waals surface area contributed by atoms with Crippen LogP contribution in [0, 0.1) is 11.8 Å². The van der Waals surface area contributed by atoms with E-state index in [2.05, 4.69) is 6.92 Å². The summed E-state index contributed by atoms with van der Waals surface area (Å²) in [6.07, 6.45) is 11.1. The number of nitrogens with zero attached hydrogens (tertiary/aromatic N) is 3. The number of rotatable bonds is 9. The molecule has 4 heterocycles. The lowest BCUT2D eigenvalue weighted by atomic mass is 9.78. The first-order chi connectivity index (χ1) is 18.5. The molecule has 2 fully saturated rings. The van der Waals surface area contributed by atoms with E-state index < -0.39 is 22.6 Å². The number of thioether (sulfide) groups is 1. The van der Waals surface area contributed by atoms with Crippen LogP contribution in [-0.2, 0) is 14.4 Å². The molecule has 0 aromatic heterocycles. The molecular formula is C29H37N3O5S. The van der Waals surface area contributed by atoms with E-state index >= 15 is 0 Å². The molecule has 0 bridgehead atoms. The lowest BCUT2D eigenvalue weighted by Gasteiger charge is -2.35. The normalized spacial score (nSPS) is 30.3. The molecule has 1 unspecified atom stereocenters. The molecule has 9 heteroatoms. The largest absolute Gasteiger partial charge is 0.494 e. The highest BCUT2D eigenvalue weighted by Gasteiger charge is 2.70. The fourth-order valence-corrected chi connectivity index (χ4v) is 8.41. The summed E-state index contributed by atoms with van der Waals surface area (Å²) in [5, 5.41) is 9.62. The van der Waals surface area contributed by atoms with Gasteiger partial charge in [0.15, 0.2) is 0 Å². The average Bonchev–Trinajstić information content (AvgIpc) is 3.22. The standard InChI is InChI=1S/C29H37N3O5S/c1-3-5-6-15-30-16-8-14-29-24(27(35)32(18-19-33)25(29)28(30)36)23-22(38-29)9-7-17-31(26(23)34)20-10-12-21(13-11-20)37-4-2/h7-14,22-25,33H,3-6,15-19H2,1-2H3/t22-,23+,24-,25?,29-/m0/s1. The molecule has 1 spiro atoms. The summed E-state index contributed by atoms with van der Waals surface area (Å²) in [5.41, 5.74) is 0.749. The van der Waals surface area contributed by atoms with Gasteiger partial charge in [0.2, 0.25) is 17.7 Å². The number of aliphatic hydroxyl groups excluding tert-OH is 1. The predicted molar refractivity (Wildman–Crippen MR) is 148 cm³/mol. The van der Waals surface area contributed by atoms with Crippen LogP contribution in [0.15, 0.2) is 48.6 Å². The van der Waals surface area contributed by atoms with E-state index in [9.17, 15) is 19.5 Å². The Balaban J connectivity index is 1.50. The van der Waals surface area contributed by atoms with Crippen molar-refractivity contribution in [2.45, 2.75) is 49.1 Å². The molecule has 2 saturated heterocycles. The summed E-state index contributed by atoms with van der Waals surface area (Å²) in [7, 11) is 0. The van der Waals surface area contributed by atoms with Crippen molar-refractivity contribution in [1.29, 1.82) is 0 Å². The Morgan fingerprint density at radius 1 is 1.00 bits per heavy atom.